The zero-order chi connectivity index (χ0) is 25.8. The third-order valence-corrected chi connectivity index (χ3v) is 6.62. The number of carbonyl (C=O) groups excluding carboxylic acids is 3. The van der Waals surface area contributed by atoms with Crippen molar-refractivity contribution in [1.82, 2.24) is 9.69 Å². The Morgan fingerprint density at radius 3 is 2.72 bits per heavy atom. The number of nitrogen functional groups attached to an aromatic ring is 1. The minimum absolute atomic E-state index is 0.0353. The van der Waals surface area contributed by atoms with Gasteiger partial charge in [-0.25, -0.2) is 0 Å². The van der Waals surface area contributed by atoms with Crippen LogP contribution in [0.25, 0.3) is 0 Å². The molecule has 0 saturated carbocycles. The molecule has 2 aromatic heterocycles. The van der Waals surface area contributed by atoms with Crippen LogP contribution in [0.15, 0.2) is 40.8 Å². The Balaban J connectivity index is 1.80. The maximum absolute atomic E-state index is 14.0. The number of hydrogen-bond acceptors (Lipinski definition) is 9. The molecule has 0 radical (unpaired) electrons. The number of nitrogens with zero attached hydrogens (tertiary/aromatic N) is 2. The average Bonchev–Trinajstić information content (AvgIpc) is 3.62. The van der Waals surface area contributed by atoms with E-state index in [2.05, 4.69) is 9.69 Å². The first kappa shape index (κ1) is 25.2. The fourth-order valence-corrected chi connectivity index (χ4v) is 4.72. The standard InChI is InChI=1S/C24H27N5O6S/c1-13-8-9-17(35-13)20(23(31)27-12-16-7-4-10-34-16)29(14-5-3-6-15(11-14)33-2)24(32)21-18(25)19(22(26)30)28-36-21/h3,5-6,8-9,11,16,20H,4,7,10,12,25H2,1-2H3,(H2,26,30)(H,27,31)/t16-,20-/m0/s1. The average molecular weight is 514 g/mol. The Kier molecular flexibility index (Phi) is 7.55. The van der Waals surface area contributed by atoms with Crippen molar-refractivity contribution >= 4 is 40.6 Å². The number of hydrogen-bond donors (Lipinski definition) is 3. The van der Waals surface area contributed by atoms with Gasteiger partial charge in [0.25, 0.3) is 17.7 Å². The van der Waals surface area contributed by atoms with E-state index in [-0.39, 0.29) is 34.7 Å². The third-order valence-electron chi connectivity index (χ3n) is 5.77. The predicted octanol–water partition coefficient (Wildman–Crippen LogP) is 2.42. The molecule has 12 heteroatoms. The highest BCUT2D eigenvalue weighted by Gasteiger charge is 2.38. The first-order chi connectivity index (χ1) is 17.3. The largest absolute Gasteiger partial charge is 0.497 e. The van der Waals surface area contributed by atoms with E-state index < -0.39 is 23.8 Å². The van der Waals surface area contributed by atoms with Crippen LogP contribution in [0.5, 0.6) is 5.75 Å². The lowest BCUT2D eigenvalue weighted by atomic mass is 10.1. The minimum Gasteiger partial charge on any atom is -0.497 e. The Morgan fingerprint density at radius 1 is 1.31 bits per heavy atom. The van der Waals surface area contributed by atoms with Gasteiger partial charge in [0.2, 0.25) is 0 Å². The van der Waals surface area contributed by atoms with E-state index in [1.807, 2.05) is 0 Å². The van der Waals surface area contributed by atoms with Crippen LogP contribution in [-0.4, -0.2) is 48.5 Å². The summed E-state index contributed by atoms with van der Waals surface area (Å²) in [4.78, 5) is 40.5. The highest BCUT2D eigenvalue weighted by molar-refractivity contribution is 7.09. The highest BCUT2D eigenvalue weighted by Crippen LogP contribution is 2.35. The van der Waals surface area contributed by atoms with Crippen molar-refractivity contribution in [2.75, 3.05) is 30.9 Å². The fraction of sp³-hybridized carbons (Fsp3) is 0.333. The summed E-state index contributed by atoms with van der Waals surface area (Å²) in [5.41, 5.74) is 11.4. The van der Waals surface area contributed by atoms with E-state index >= 15 is 0 Å². The van der Waals surface area contributed by atoms with Gasteiger partial charge in [0.05, 0.1) is 18.9 Å². The monoisotopic (exact) mass is 513 g/mol. The maximum atomic E-state index is 14.0. The molecule has 2 atom stereocenters. The van der Waals surface area contributed by atoms with E-state index in [1.165, 1.54) is 12.0 Å². The van der Waals surface area contributed by atoms with Crippen LogP contribution in [-0.2, 0) is 9.53 Å². The molecule has 1 aromatic carbocycles. The van der Waals surface area contributed by atoms with Gasteiger partial charge in [-0.05, 0) is 55.6 Å². The Hall–Kier alpha value is -3.90. The maximum Gasteiger partial charge on any atom is 0.273 e. The number of benzene rings is 1. The molecule has 3 heterocycles. The molecule has 4 rings (SSSR count). The third kappa shape index (κ3) is 5.19. The molecule has 3 amide bonds. The van der Waals surface area contributed by atoms with Crippen LogP contribution < -0.4 is 26.4 Å². The zero-order valence-electron chi connectivity index (χ0n) is 19.9. The number of anilines is 2. The summed E-state index contributed by atoms with van der Waals surface area (Å²) in [5, 5.41) is 2.89. The number of ether oxygens (including phenoxy) is 2. The van der Waals surface area contributed by atoms with E-state index in [0.29, 0.717) is 23.8 Å². The summed E-state index contributed by atoms with van der Waals surface area (Å²) in [6.45, 7) is 2.66. The Morgan fingerprint density at radius 2 is 2.11 bits per heavy atom. The number of aromatic nitrogens is 1. The second-order valence-corrected chi connectivity index (χ2v) is 9.02. The quantitative estimate of drug-likeness (QED) is 0.393. The predicted molar refractivity (Wildman–Crippen MR) is 133 cm³/mol. The van der Waals surface area contributed by atoms with Crippen LogP contribution in [0, 0.1) is 6.92 Å². The normalized spacial score (nSPS) is 15.9. The first-order valence-corrected chi connectivity index (χ1v) is 12.1. The molecule has 1 aliphatic heterocycles. The van der Waals surface area contributed by atoms with Crippen LogP contribution in [0.1, 0.15) is 50.6 Å². The van der Waals surface area contributed by atoms with Gasteiger partial charge < -0.3 is 30.7 Å². The lowest BCUT2D eigenvalue weighted by Gasteiger charge is -2.30. The zero-order valence-corrected chi connectivity index (χ0v) is 20.7. The highest BCUT2D eigenvalue weighted by atomic mass is 32.1. The van der Waals surface area contributed by atoms with Crippen LogP contribution in [0.2, 0.25) is 0 Å². The first-order valence-electron chi connectivity index (χ1n) is 11.3. The molecule has 11 nitrogen and oxygen atoms in total. The minimum atomic E-state index is -1.21. The van der Waals surface area contributed by atoms with Gasteiger partial charge in [-0.3, -0.25) is 19.3 Å². The SMILES string of the molecule is COc1cccc(N(C(=O)c2snc(C(N)=O)c2N)[C@H](C(=O)NC[C@@H]2CCCO2)c2ccc(C)o2)c1. The molecule has 0 bridgehead atoms. The summed E-state index contributed by atoms with van der Waals surface area (Å²) in [5.74, 6) is -0.718. The fourth-order valence-electron chi connectivity index (χ4n) is 3.97. The molecule has 0 unspecified atom stereocenters. The number of amides is 3. The van der Waals surface area contributed by atoms with Gasteiger partial charge >= 0.3 is 0 Å². The number of nitrogens with one attached hydrogen (secondary N) is 1. The van der Waals surface area contributed by atoms with Gasteiger partial charge in [0.1, 0.15) is 22.1 Å². The summed E-state index contributed by atoms with van der Waals surface area (Å²) in [6.07, 6.45) is 1.64. The van der Waals surface area contributed by atoms with E-state index in [0.717, 1.165) is 24.4 Å². The van der Waals surface area contributed by atoms with E-state index in [1.54, 1.807) is 43.3 Å². The smallest absolute Gasteiger partial charge is 0.273 e. The number of furan rings is 1. The summed E-state index contributed by atoms with van der Waals surface area (Å²) in [6, 6.07) is 8.80. The Labute approximate surface area is 211 Å². The van der Waals surface area contributed by atoms with Crippen molar-refractivity contribution in [2.24, 2.45) is 5.73 Å². The number of methoxy groups -OCH3 is 1. The molecule has 0 spiro atoms. The van der Waals surface area contributed by atoms with E-state index in [9.17, 15) is 14.4 Å². The van der Waals surface area contributed by atoms with Crippen LogP contribution in [0.4, 0.5) is 11.4 Å². The molecule has 5 N–H and O–H groups in total. The van der Waals surface area contributed by atoms with Crippen molar-refractivity contribution < 1.29 is 28.3 Å². The molecular formula is C24H27N5O6S. The second-order valence-electron chi connectivity index (χ2n) is 8.25. The van der Waals surface area contributed by atoms with Gasteiger partial charge in [0, 0.05) is 24.9 Å². The number of aryl methyl sites for hydroxylation is 1. The molecule has 36 heavy (non-hydrogen) atoms. The van der Waals surface area contributed by atoms with Gasteiger partial charge in [-0.1, -0.05) is 6.07 Å². The molecule has 1 fully saturated rings. The summed E-state index contributed by atoms with van der Waals surface area (Å²) >= 11 is 0.728. The number of nitrogens with two attached hydrogens (primary N) is 2. The van der Waals surface area contributed by atoms with Crippen LogP contribution in [0.3, 0.4) is 0 Å². The molecule has 190 valence electrons. The number of primary amides is 1. The van der Waals surface area contributed by atoms with Gasteiger partial charge in [0.15, 0.2) is 11.7 Å². The van der Waals surface area contributed by atoms with Crippen molar-refractivity contribution in [2.45, 2.75) is 31.9 Å². The van der Waals surface area contributed by atoms with Crippen molar-refractivity contribution in [1.29, 1.82) is 0 Å². The van der Waals surface area contributed by atoms with Crippen molar-refractivity contribution in [3.63, 3.8) is 0 Å². The van der Waals surface area contributed by atoms with E-state index in [4.69, 9.17) is 25.4 Å². The molecular weight excluding hydrogens is 486 g/mol. The topological polar surface area (TPSA) is 163 Å². The molecule has 0 aliphatic carbocycles. The van der Waals surface area contributed by atoms with Gasteiger partial charge in [-0.2, -0.15) is 4.37 Å². The summed E-state index contributed by atoms with van der Waals surface area (Å²) in [7, 11) is 1.49. The lowest BCUT2D eigenvalue weighted by molar-refractivity contribution is -0.123. The Bertz CT molecular complexity index is 1270. The lowest BCUT2D eigenvalue weighted by Crippen LogP contribution is -2.45. The number of rotatable bonds is 9. The molecule has 1 aliphatic rings. The van der Waals surface area contributed by atoms with Gasteiger partial charge in [-0.15, -0.1) is 0 Å². The van der Waals surface area contributed by atoms with Crippen LogP contribution >= 0.6 is 11.5 Å². The van der Waals surface area contributed by atoms with Crippen molar-refractivity contribution in [3.8, 4) is 5.75 Å². The van der Waals surface area contributed by atoms with Crippen molar-refractivity contribution in [3.05, 3.63) is 58.5 Å². The molecule has 1 saturated heterocycles. The summed E-state index contributed by atoms with van der Waals surface area (Å²) < 4.78 is 20.7. The molecule has 3 aromatic rings. The second kappa shape index (κ2) is 10.8. The number of carbonyl (C=O) groups is 3.